The van der Waals surface area contributed by atoms with Gasteiger partial charge in [-0.15, -0.1) is 11.6 Å². The Kier molecular flexibility index (Phi) is 5.66. The summed E-state index contributed by atoms with van der Waals surface area (Å²) < 4.78 is 44.7. The largest absolute Gasteiger partial charge is 0.486 e. The molecule has 0 aliphatic carbocycles. The highest BCUT2D eigenvalue weighted by Gasteiger charge is 2.38. The van der Waals surface area contributed by atoms with Gasteiger partial charge in [0.2, 0.25) is 0 Å². The van der Waals surface area contributed by atoms with E-state index in [0.29, 0.717) is 12.5 Å². The second-order valence-electron chi connectivity index (χ2n) is 4.93. The van der Waals surface area contributed by atoms with Crippen LogP contribution in [0.25, 0.3) is 0 Å². The van der Waals surface area contributed by atoms with Crippen molar-refractivity contribution in [2.45, 2.75) is 18.7 Å². The number of nitro benzene ring substituents is 1. The molecule has 0 bridgehead atoms. The Hall–Kier alpha value is -2.28. The summed E-state index contributed by atoms with van der Waals surface area (Å²) in [4.78, 5) is 9.70. The van der Waals surface area contributed by atoms with Crippen molar-refractivity contribution in [3.05, 3.63) is 69.8 Å². The second-order valence-corrected chi connectivity index (χ2v) is 5.31. The molecule has 0 N–H and O–H groups in total. The second kappa shape index (κ2) is 7.53. The quantitative estimate of drug-likeness (QED) is 0.396. The van der Waals surface area contributed by atoms with Crippen molar-refractivity contribution in [1.29, 1.82) is 0 Å². The number of rotatable bonds is 6. The fourth-order valence-corrected chi connectivity index (χ4v) is 2.40. The molecule has 0 aliphatic heterocycles. The van der Waals surface area contributed by atoms with Crippen molar-refractivity contribution in [2.75, 3.05) is 5.88 Å². The van der Waals surface area contributed by atoms with Crippen LogP contribution < -0.4 is 4.74 Å². The molecule has 1 unspecified atom stereocenters. The van der Waals surface area contributed by atoms with Crippen LogP contribution in [0.1, 0.15) is 23.7 Å². The van der Waals surface area contributed by atoms with Gasteiger partial charge in [0.1, 0.15) is 17.4 Å². The summed E-state index contributed by atoms with van der Waals surface area (Å²) in [5.41, 5.74) is -1.60. The fourth-order valence-electron chi connectivity index (χ4n) is 2.20. The number of nitrogens with zero attached hydrogens (tertiary/aromatic N) is 1. The minimum absolute atomic E-state index is 0.105. The normalized spacial score (nSPS) is 12.7. The first kappa shape index (κ1) is 18.1. The fraction of sp³-hybridized carbons (Fsp3) is 0.250. The van der Waals surface area contributed by atoms with Crippen LogP contribution in [0.3, 0.4) is 0 Å². The molecule has 0 aromatic heterocycles. The topological polar surface area (TPSA) is 52.4 Å². The zero-order chi connectivity index (χ0) is 17.7. The molecular formula is C16H13ClF3NO3. The van der Waals surface area contributed by atoms with Crippen molar-refractivity contribution in [1.82, 2.24) is 0 Å². The first-order valence-electron chi connectivity index (χ1n) is 6.96. The van der Waals surface area contributed by atoms with Crippen LogP contribution in [0.5, 0.6) is 5.75 Å². The van der Waals surface area contributed by atoms with Crippen LogP contribution in [0, 0.1) is 10.1 Å². The molecular weight excluding hydrogens is 347 g/mol. The Labute approximate surface area is 141 Å². The third-order valence-electron chi connectivity index (χ3n) is 3.29. The number of hydrogen-bond acceptors (Lipinski definition) is 3. The van der Waals surface area contributed by atoms with Crippen molar-refractivity contribution < 1.29 is 22.8 Å². The van der Waals surface area contributed by atoms with Gasteiger partial charge in [-0.25, -0.2) is 0 Å². The van der Waals surface area contributed by atoms with Gasteiger partial charge in [0.15, 0.2) is 0 Å². The lowest BCUT2D eigenvalue weighted by atomic mass is 10.1. The average Bonchev–Trinajstić information content (AvgIpc) is 2.54. The molecule has 2 rings (SSSR count). The summed E-state index contributed by atoms with van der Waals surface area (Å²) in [6.45, 7) is 0. The number of ether oxygens (including phenoxy) is 1. The summed E-state index contributed by atoms with van der Waals surface area (Å²) in [5.74, 6) is 0.144. The molecule has 0 saturated carbocycles. The van der Waals surface area contributed by atoms with E-state index in [9.17, 15) is 23.3 Å². The molecule has 0 saturated heterocycles. The SMILES string of the molecule is O=[N+]([O-])c1ccc(OC(CCCl)c2ccccc2)cc1C(F)(F)F. The van der Waals surface area contributed by atoms with E-state index >= 15 is 0 Å². The summed E-state index contributed by atoms with van der Waals surface area (Å²) in [5, 5.41) is 10.8. The van der Waals surface area contributed by atoms with Crippen LogP contribution >= 0.6 is 11.6 Å². The zero-order valence-electron chi connectivity index (χ0n) is 12.3. The van der Waals surface area contributed by atoms with Gasteiger partial charge < -0.3 is 4.74 Å². The van der Waals surface area contributed by atoms with Crippen molar-refractivity contribution in [2.24, 2.45) is 0 Å². The van der Waals surface area contributed by atoms with E-state index in [2.05, 4.69) is 0 Å². The van der Waals surface area contributed by atoms with Crippen LogP contribution in [0.15, 0.2) is 48.5 Å². The number of benzene rings is 2. The Bertz CT molecular complexity index is 707. The van der Waals surface area contributed by atoms with Gasteiger partial charge in [-0.2, -0.15) is 13.2 Å². The number of alkyl halides is 4. The molecule has 0 amide bonds. The molecule has 2 aromatic rings. The first-order chi connectivity index (χ1) is 11.3. The van der Waals surface area contributed by atoms with Gasteiger partial charge in [0.05, 0.1) is 4.92 Å². The third kappa shape index (κ3) is 4.38. The van der Waals surface area contributed by atoms with Gasteiger partial charge in [-0.3, -0.25) is 10.1 Å². The van der Waals surface area contributed by atoms with Crippen molar-refractivity contribution in [3.8, 4) is 5.75 Å². The first-order valence-corrected chi connectivity index (χ1v) is 7.49. The summed E-state index contributed by atoms with van der Waals surface area (Å²) in [7, 11) is 0. The lowest BCUT2D eigenvalue weighted by molar-refractivity contribution is -0.388. The summed E-state index contributed by atoms with van der Waals surface area (Å²) in [6, 6.07) is 11.5. The highest BCUT2D eigenvalue weighted by Crippen LogP contribution is 2.39. The molecule has 128 valence electrons. The lowest BCUT2D eigenvalue weighted by Gasteiger charge is -2.19. The van der Waals surface area contributed by atoms with Crippen LogP contribution in [-0.2, 0) is 6.18 Å². The van der Waals surface area contributed by atoms with E-state index in [0.717, 1.165) is 17.7 Å². The zero-order valence-corrected chi connectivity index (χ0v) is 13.1. The Morgan fingerprint density at radius 3 is 2.38 bits per heavy atom. The molecule has 0 spiro atoms. The number of halogens is 4. The number of nitro groups is 1. The molecule has 4 nitrogen and oxygen atoms in total. The minimum Gasteiger partial charge on any atom is -0.486 e. The maximum absolute atomic E-state index is 13.0. The predicted octanol–water partition coefficient (Wildman–Crippen LogP) is 5.36. The van der Waals surface area contributed by atoms with Gasteiger partial charge >= 0.3 is 6.18 Å². The van der Waals surface area contributed by atoms with E-state index in [4.69, 9.17) is 16.3 Å². The van der Waals surface area contributed by atoms with E-state index in [-0.39, 0.29) is 11.6 Å². The Morgan fingerprint density at radius 2 is 1.83 bits per heavy atom. The monoisotopic (exact) mass is 359 g/mol. The van der Waals surface area contributed by atoms with E-state index in [1.807, 2.05) is 0 Å². The van der Waals surface area contributed by atoms with Gasteiger partial charge in [0, 0.05) is 18.4 Å². The van der Waals surface area contributed by atoms with Crippen LogP contribution in [0.4, 0.5) is 18.9 Å². The van der Waals surface area contributed by atoms with E-state index < -0.39 is 28.5 Å². The lowest BCUT2D eigenvalue weighted by Crippen LogP contribution is -2.12. The average molecular weight is 360 g/mol. The maximum atomic E-state index is 13.0. The molecule has 2 aromatic carbocycles. The van der Waals surface area contributed by atoms with E-state index in [1.54, 1.807) is 30.3 Å². The van der Waals surface area contributed by atoms with Crippen molar-refractivity contribution in [3.63, 3.8) is 0 Å². The highest BCUT2D eigenvalue weighted by molar-refractivity contribution is 6.17. The van der Waals surface area contributed by atoms with Gasteiger partial charge in [-0.1, -0.05) is 30.3 Å². The molecule has 0 aliphatic rings. The Morgan fingerprint density at radius 1 is 1.17 bits per heavy atom. The number of hydrogen-bond donors (Lipinski definition) is 0. The smallest absolute Gasteiger partial charge is 0.423 e. The Balaban J connectivity index is 2.36. The van der Waals surface area contributed by atoms with Gasteiger partial charge in [0.25, 0.3) is 5.69 Å². The summed E-state index contributed by atoms with van der Waals surface area (Å²) in [6.07, 6.45) is -5.02. The molecule has 0 fully saturated rings. The van der Waals surface area contributed by atoms with Crippen LogP contribution in [0.2, 0.25) is 0 Å². The van der Waals surface area contributed by atoms with Crippen molar-refractivity contribution >= 4 is 17.3 Å². The summed E-state index contributed by atoms with van der Waals surface area (Å²) >= 11 is 5.73. The molecule has 24 heavy (non-hydrogen) atoms. The maximum Gasteiger partial charge on any atom is 0.423 e. The third-order valence-corrected chi connectivity index (χ3v) is 3.51. The molecule has 8 heteroatoms. The predicted molar refractivity (Wildman–Crippen MR) is 83.2 cm³/mol. The minimum atomic E-state index is -4.85. The molecule has 1 atom stereocenters. The van der Waals surface area contributed by atoms with E-state index in [1.165, 1.54) is 0 Å². The highest BCUT2D eigenvalue weighted by atomic mass is 35.5. The standard InChI is InChI=1S/C16H13ClF3NO3/c17-9-8-15(11-4-2-1-3-5-11)24-12-6-7-14(21(22)23)13(10-12)16(18,19)20/h1-7,10,15H,8-9H2. The molecule has 0 heterocycles. The molecule has 0 radical (unpaired) electrons. The van der Waals surface area contributed by atoms with Crippen LogP contribution in [-0.4, -0.2) is 10.8 Å². The van der Waals surface area contributed by atoms with Gasteiger partial charge in [-0.05, 0) is 17.7 Å².